The van der Waals surface area contributed by atoms with Gasteiger partial charge in [-0.25, -0.2) is 0 Å². The summed E-state index contributed by atoms with van der Waals surface area (Å²) < 4.78 is 5.32. The second kappa shape index (κ2) is 9.30. The van der Waals surface area contributed by atoms with Crippen LogP contribution >= 0.6 is 0 Å². The van der Waals surface area contributed by atoms with Crippen molar-refractivity contribution in [1.82, 2.24) is 9.80 Å². The van der Waals surface area contributed by atoms with E-state index in [-0.39, 0.29) is 6.42 Å². The van der Waals surface area contributed by atoms with Crippen LogP contribution in [0.25, 0.3) is 0 Å². The molecule has 5 heteroatoms. The molecule has 1 heterocycles. The Morgan fingerprint density at radius 1 is 1.28 bits per heavy atom. The smallest absolute Gasteiger partial charge is 0.304 e. The summed E-state index contributed by atoms with van der Waals surface area (Å²) in [6.07, 6.45) is 2.54. The van der Waals surface area contributed by atoms with Crippen LogP contribution in [0.2, 0.25) is 0 Å². The Morgan fingerprint density at radius 3 is 2.61 bits per heavy atom. The molecular weight excluding hydrogens is 232 g/mol. The van der Waals surface area contributed by atoms with Gasteiger partial charge in [0.2, 0.25) is 0 Å². The van der Waals surface area contributed by atoms with Gasteiger partial charge in [-0.2, -0.15) is 0 Å². The van der Waals surface area contributed by atoms with E-state index in [1.54, 1.807) is 0 Å². The normalized spacial score (nSPS) is 17.2. The fourth-order valence-corrected chi connectivity index (χ4v) is 2.08. The van der Waals surface area contributed by atoms with E-state index in [9.17, 15) is 4.79 Å². The lowest BCUT2D eigenvalue weighted by Crippen LogP contribution is -2.42. The molecule has 1 aliphatic heterocycles. The van der Waals surface area contributed by atoms with Crippen molar-refractivity contribution in [3.05, 3.63) is 0 Å². The van der Waals surface area contributed by atoms with Crippen LogP contribution in [0.1, 0.15) is 26.2 Å². The predicted octanol–water partition coefficient (Wildman–Crippen LogP) is 0.895. The number of morpholine rings is 1. The zero-order chi connectivity index (χ0) is 13.2. The summed E-state index contributed by atoms with van der Waals surface area (Å²) in [6.45, 7) is 9.47. The molecule has 0 spiro atoms. The Morgan fingerprint density at radius 2 is 2.00 bits per heavy atom. The van der Waals surface area contributed by atoms with E-state index in [4.69, 9.17) is 9.84 Å². The third-order valence-corrected chi connectivity index (χ3v) is 3.31. The molecule has 1 saturated heterocycles. The molecule has 0 aromatic heterocycles. The number of carboxylic acids is 1. The average molecular weight is 258 g/mol. The summed E-state index contributed by atoms with van der Waals surface area (Å²) in [5.74, 6) is -0.706. The van der Waals surface area contributed by atoms with E-state index in [2.05, 4.69) is 16.7 Å². The minimum absolute atomic E-state index is 0.243. The monoisotopic (exact) mass is 258 g/mol. The molecule has 106 valence electrons. The summed E-state index contributed by atoms with van der Waals surface area (Å²) in [5, 5.41) is 8.75. The minimum Gasteiger partial charge on any atom is -0.481 e. The van der Waals surface area contributed by atoms with E-state index in [0.717, 1.165) is 58.8 Å². The lowest BCUT2D eigenvalue weighted by molar-refractivity contribution is -0.137. The maximum absolute atomic E-state index is 10.6. The van der Waals surface area contributed by atoms with Crippen LogP contribution in [0.3, 0.4) is 0 Å². The summed E-state index contributed by atoms with van der Waals surface area (Å²) >= 11 is 0. The highest BCUT2D eigenvalue weighted by molar-refractivity contribution is 5.66. The van der Waals surface area contributed by atoms with Gasteiger partial charge in [0.15, 0.2) is 0 Å². The summed E-state index contributed by atoms with van der Waals surface area (Å²) in [6, 6.07) is 0. The van der Waals surface area contributed by atoms with E-state index in [1.807, 2.05) is 0 Å². The first-order valence-corrected chi connectivity index (χ1v) is 6.96. The molecule has 0 atom stereocenters. The second-order valence-corrected chi connectivity index (χ2v) is 4.79. The van der Waals surface area contributed by atoms with E-state index in [0.29, 0.717) is 6.54 Å². The minimum atomic E-state index is -0.706. The molecule has 0 unspecified atom stereocenters. The van der Waals surface area contributed by atoms with Crippen LogP contribution in [-0.4, -0.2) is 73.4 Å². The molecule has 0 aromatic rings. The third kappa shape index (κ3) is 6.93. The number of carboxylic acid groups (broad SMARTS) is 1. The standard InChI is InChI=1S/C13H26N2O3/c1-2-3-5-14(6-4-13(16)17)7-8-15-9-11-18-12-10-15/h2-12H2,1H3,(H,16,17). The number of nitrogens with zero attached hydrogens (tertiary/aromatic N) is 2. The van der Waals surface area contributed by atoms with Crippen molar-refractivity contribution in [2.24, 2.45) is 0 Å². The third-order valence-electron chi connectivity index (χ3n) is 3.31. The van der Waals surface area contributed by atoms with Gasteiger partial charge in [0.25, 0.3) is 0 Å². The SMILES string of the molecule is CCCCN(CCC(=O)O)CCN1CCOCC1. The van der Waals surface area contributed by atoms with Gasteiger partial charge in [-0.3, -0.25) is 9.69 Å². The number of hydrogen-bond acceptors (Lipinski definition) is 4. The highest BCUT2D eigenvalue weighted by Gasteiger charge is 2.12. The Balaban J connectivity index is 2.22. The van der Waals surface area contributed by atoms with Gasteiger partial charge in [-0.15, -0.1) is 0 Å². The van der Waals surface area contributed by atoms with E-state index in [1.165, 1.54) is 0 Å². The van der Waals surface area contributed by atoms with Crippen molar-refractivity contribution in [2.45, 2.75) is 26.2 Å². The number of ether oxygens (including phenoxy) is 1. The van der Waals surface area contributed by atoms with Crippen molar-refractivity contribution >= 4 is 5.97 Å². The van der Waals surface area contributed by atoms with Crippen LogP contribution in [0.15, 0.2) is 0 Å². The molecule has 0 saturated carbocycles. The molecule has 1 rings (SSSR count). The lowest BCUT2D eigenvalue weighted by atomic mass is 10.3. The molecule has 0 aromatic carbocycles. The lowest BCUT2D eigenvalue weighted by Gasteiger charge is -2.29. The Hall–Kier alpha value is -0.650. The molecule has 1 N–H and O–H groups in total. The number of rotatable bonds is 9. The highest BCUT2D eigenvalue weighted by Crippen LogP contribution is 2.01. The number of carbonyl (C=O) groups is 1. The van der Waals surface area contributed by atoms with Crippen LogP contribution in [0.5, 0.6) is 0 Å². The Bertz CT molecular complexity index is 230. The molecule has 0 bridgehead atoms. The molecular formula is C13H26N2O3. The zero-order valence-corrected chi connectivity index (χ0v) is 11.4. The molecule has 1 aliphatic rings. The first-order chi connectivity index (χ1) is 8.72. The Kier molecular flexibility index (Phi) is 7.96. The first-order valence-electron chi connectivity index (χ1n) is 6.96. The van der Waals surface area contributed by atoms with Gasteiger partial charge in [-0.05, 0) is 13.0 Å². The molecule has 0 radical (unpaired) electrons. The molecule has 0 amide bonds. The van der Waals surface area contributed by atoms with Gasteiger partial charge in [0.05, 0.1) is 19.6 Å². The van der Waals surface area contributed by atoms with Gasteiger partial charge >= 0.3 is 5.97 Å². The number of unbranched alkanes of at least 4 members (excludes halogenated alkanes) is 1. The topological polar surface area (TPSA) is 53.0 Å². The van der Waals surface area contributed by atoms with E-state index < -0.39 is 5.97 Å². The zero-order valence-electron chi connectivity index (χ0n) is 11.4. The second-order valence-electron chi connectivity index (χ2n) is 4.79. The number of hydrogen-bond donors (Lipinski definition) is 1. The molecule has 1 fully saturated rings. The van der Waals surface area contributed by atoms with Gasteiger partial charge < -0.3 is 14.7 Å². The number of aliphatic carboxylic acids is 1. The van der Waals surface area contributed by atoms with Gasteiger partial charge in [-0.1, -0.05) is 13.3 Å². The van der Waals surface area contributed by atoms with Gasteiger partial charge in [0.1, 0.15) is 0 Å². The van der Waals surface area contributed by atoms with Crippen molar-refractivity contribution < 1.29 is 14.6 Å². The molecule has 0 aliphatic carbocycles. The highest BCUT2D eigenvalue weighted by atomic mass is 16.5. The van der Waals surface area contributed by atoms with Crippen molar-refractivity contribution in [3.63, 3.8) is 0 Å². The Labute approximate surface area is 110 Å². The first kappa shape index (κ1) is 15.4. The molecule has 5 nitrogen and oxygen atoms in total. The molecule has 18 heavy (non-hydrogen) atoms. The van der Waals surface area contributed by atoms with Crippen LogP contribution < -0.4 is 0 Å². The van der Waals surface area contributed by atoms with Crippen LogP contribution in [0.4, 0.5) is 0 Å². The fourth-order valence-electron chi connectivity index (χ4n) is 2.08. The van der Waals surface area contributed by atoms with Crippen molar-refractivity contribution in [3.8, 4) is 0 Å². The fraction of sp³-hybridized carbons (Fsp3) is 0.923. The van der Waals surface area contributed by atoms with Crippen LogP contribution in [0, 0.1) is 0 Å². The maximum atomic E-state index is 10.6. The van der Waals surface area contributed by atoms with Crippen LogP contribution in [-0.2, 0) is 9.53 Å². The van der Waals surface area contributed by atoms with Crippen molar-refractivity contribution in [1.29, 1.82) is 0 Å². The van der Waals surface area contributed by atoms with Crippen molar-refractivity contribution in [2.75, 3.05) is 52.5 Å². The quantitative estimate of drug-likeness (QED) is 0.666. The summed E-state index contributed by atoms with van der Waals surface area (Å²) in [4.78, 5) is 15.3. The summed E-state index contributed by atoms with van der Waals surface area (Å²) in [5.41, 5.74) is 0. The largest absolute Gasteiger partial charge is 0.481 e. The van der Waals surface area contributed by atoms with Gasteiger partial charge in [0, 0.05) is 32.7 Å². The average Bonchev–Trinajstić information content (AvgIpc) is 2.39. The predicted molar refractivity (Wildman–Crippen MR) is 70.9 cm³/mol. The van der Waals surface area contributed by atoms with E-state index >= 15 is 0 Å². The maximum Gasteiger partial charge on any atom is 0.304 e. The summed E-state index contributed by atoms with van der Waals surface area (Å²) in [7, 11) is 0.